The van der Waals surface area contributed by atoms with E-state index in [2.05, 4.69) is 32.9 Å². The average molecular weight is 423 g/mol. The van der Waals surface area contributed by atoms with Gasteiger partial charge in [-0.05, 0) is 58.2 Å². The fraction of sp³-hybridized carbons (Fsp3) is 0.385. The average Bonchev–Trinajstić information content (AvgIpc) is 3.09. The van der Waals surface area contributed by atoms with Crippen LogP contribution < -0.4 is 14.2 Å². The largest absolute Gasteiger partial charge is 0.508 e. The summed E-state index contributed by atoms with van der Waals surface area (Å²) in [6, 6.07) is 7.02. The summed E-state index contributed by atoms with van der Waals surface area (Å²) in [5.74, 6) is 2.08. The van der Waals surface area contributed by atoms with E-state index in [9.17, 15) is 10.2 Å². The zero-order valence-electron chi connectivity index (χ0n) is 18.6. The summed E-state index contributed by atoms with van der Waals surface area (Å²) < 4.78 is 17.6. The number of rotatable bonds is 6. The predicted molar refractivity (Wildman–Crippen MR) is 120 cm³/mol. The maximum Gasteiger partial charge on any atom is 0.161 e. The van der Waals surface area contributed by atoms with E-state index < -0.39 is 0 Å². The highest BCUT2D eigenvalue weighted by Gasteiger charge is 2.42. The summed E-state index contributed by atoms with van der Waals surface area (Å²) in [7, 11) is 1.53. The van der Waals surface area contributed by atoms with Crippen molar-refractivity contribution in [3.8, 4) is 28.7 Å². The third-order valence-corrected chi connectivity index (χ3v) is 6.06. The third kappa shape index (κ3) is 4.09. The van der Waals surface area contributed by atoms with Crippen molar-refractivity contribution in [3.05, 3.63) is 64.3 Å². The number of aromatic hydroxyl groups is 2. The summed E-state index contributed by atoms with van der Waals surface area (Å²) in [6.07, 6.45) is 6.81. The van der Waals surface area contributed by atoms with Gasteiger partial charge in [-0.25, -0.2) is 0 Å². The van der Waals surface area contributed by atoms with E-state index in [-0.39, 0.29) is 23.5 Å². The molecule has 0 aliphatic carbocycles. The summed E-state index contributed by atoms with van der Waals surface area (Å²) in [5.41, 5.74) is 5.30. The van der Waals surface area contributed by atoms with Gasteiger partial charge in [-0.15, -0.1) is 0 Å². The molecule has 0 saturated heterocycles. The molecule has 5 heteroatoms. The molecule has 2 aromatic carbocycles. The van der Waals surface area contributed by atoms with Gasteiger partial charge >= 0.3 is 0 Å². The molecule has 0 saturated carbocycles. The normalized spacial score (nSPS) is 18.9. The Labute approximate surface area is 183 Å². The number of hydrogen-bond donors (Lipinski definition) is 2. The summed E-state index contributed by atoms with van der Waals surface area (Å²) in [6.45, 7) is 6.79. The monoisotopic (exact) mass is 422 g/mol. The number of benzene rings is 2. The molecule has 164 valence electrons. The van der Waals surface area contributed by atoms with Crippen molar-refractivity contribution in [2.75, 3.05) is 13.7 Å². The first kappa shape index (κ1) is 21.2. The van der Waals surface area contributed by atoms with Gasteiger partial charge in [0.2, 0.25) is 0 Å². The highest BCUT2D eigenvalue weighted by molar-refractivity contribution is 5.59. The van der Waals surface area contributed by atoms with Gasteiger partial charge in [0.15, 0.2) is 11.5 Å². The fourth-order valence-corrected chi connectivity index (χ4v) is 4.33. The minimum absolute atomic E-state index is 0.00995. The van der Waals surface area contributed by atoms with Crippen molar-refractivity contribution in [2.24, 2.45) is 0 Å². The quantitative estimate of drug-likeness (QED) is 0.563. The van der Waals surface area contributed by atoms with Crippen LogP contribution in [0.3, 0.4) is 0 Å². The smallest absolute Gasteiger partial charge is 0.161 e. The van der Waals surface area contributed by atoms with E-state index in [0.717, 1.165) is 29.5 Å². The Morgan fingerprint density at radius 2 is 1.90 bits per heavy atom. The number of methoxy groups -OCH3 is 1. The summed E-state index contributed by atoms with van der Waals surface area (Å²) in [5, 5.41) is 20.7. The number of ether oxygens (including phenoxy) is 3. The van der Waals surface area contributed by atoms with E-state index in [0.29, 0.717) is 30.3 Å². The topological polar surface area (TPSA) is 68.2 Å². The van der Waals surface area contributed by atoms with Gasteiger partial charge in [-0.2, -0.15) is 0 Å². The Morgan fingerprint density at radius 1 is 1.10 bits per heavy atom. The van der Waals surface area contributed by atoms with Gasteiger partial charge in [0.1, 0.15) is 23.4 Å². The van der Waals surface area contributed by atoms with Gasteiger partial charge in [0.25, 0.3) is 0 Å². The minimum atomic E-state index is -0.215. The molecule has 0 unspecified atom stereocenters. The number of fused-ring (bicyclic) bond motifs is 5. The van der Waals surface area contributed by atoms with Crippen LogP contribution in [0, 0.1) is 0 Å². The van der Waals surface area contributed by atoms with Gasteiger partial charge in [0.05, 0.1) is 19.6 Å². The van der Waals surface area contributed by atoms with Gasteiger partial charge in [-0.3, -0.25) is 0 Å². The molecule has 2 aliphatic rings. The minimum Gasteiger partial charge on any atom is -0.508 e. The highest BCUT2D eigenvalue weighted by atomic mass is 16.5. The lowest BCUT2D eigenvalue weighted by Gasteiger charge is -2.29. The second kappa shape index (κ2) is 8.58. The lowest BCUT2D eigenvalue weighted by molar-refractivity contribution is 0.138. The summed E-state index contributed by atoms with van der Waals surface area (Å²) >= 11 is 0. The molecule has 0 amide bonds. The molecule has 0 bridgehead atoms. The Morgan fingerprint density at radius 3 is 2.65 bits per heavy atom. The van der Waals surface area contributed by atoms with Gasteiger partial charge in [0, 0.05) is 22.8 Å². The molecule has 2 atom stereocenters. The lowest BCUT2D eigenvalue weighted by Crippen LogP contribution is -2.24. The van der Waals surface area contributed by atoms with Crippen LogP contribution >= 0.6 is 0 Å². The van der Waals surface area contributed by atoms with E-state index in [4.69, 9.17) is 14.2 Å². The van der Waals surface area contributed by atoms with Crippen LogP contribution in [-0.2, 0) is 6.42 Å². The second-order valence-corrected chi connectivity index (χ2v) is 8.57. The zero-order chi connectivity index (χ0) is 22.1. The van der Waals surface area contributed by atoms with Crippen LogP contribution in [0.15, 0.2) is 47.6 Å². The Bertz CT molecular complexity index is 1050. The molecular formula is C26H30O5. The van der Waals surface area contributed by atoms with E-state index in [1.807, 2.05) is 12.1 Å². The van der Waals surface area contributed by atoms with Crippen molar-refractivity contribution in [2.45, 2.75) is 52.1 Å². The third-order valence-electron chi connectivity index (χ3n) is 6.06. The molecule has 31 heavy (non-hydrogen) atoms. The van der Waals surface area contributed by atoms with Crippen LogP contribution in [0.2, 0.25) is 0 Å². The fourth-order valence-electron chi connectivity index (χ4n) is 4.33. The van der Waals surface area contributed by atoms with Crippen LogP contribution in [0.25, 0.3) is 0 Å². The van der Waals surface area contributed by atoms with E-state index in [1.165, 1.54) is 18.3 Å². The molecule has 2 aliphatic heterocycles. The SMILES string of the molecule is COc1cc2c(cc1O)O[C@H]1c3ccc(O)c(CC=C(C)CCC=C(C)C)c3OC[C@@H]21. The van der Waals surface area contributed by atoms with Crippen LogP contribution in [-0.4, -0.2) is 23.9 Å². The standard InChI is InChI=1S/C26H30O5/c1-15(2)6-5-7-16(3)8-9-17-21(27)11-10-18-25(17)30-14-20-19-12-24(29-4)22(28)13-23(19)31-26(18)20/h6,8,10-13,20,26-28H,5,7,9,14H2,1-4H3/t20-,26-/m0/s1. The van der Waals surface area contributed by atoms with Crippen molar-refractivity contribution >= 4 is 0 Å². The molecule has 0 radical (unpaired) electrons. The van der Waals surface area contributed by atoms with Crippen molar-refractivity contribution < 1.29 is 24.4 Å². The molecule has 0 aromatic heterocycles. The molecule has 2 aromatic rings. The van der Waals surface area contributed by atoms with Crippen LogP contribution in [0.1, 0.15) is 62.3 Å². The number of hydrogen-bond acceptors (Lipinski definition) is 5. The lowest BCUT2D eigenvalue weighted by atomic mass is 9.87. The van der Waals surface area contributed by atoms with Crippen molar-refractivity contribution in [1.82, 2.24) is 0 Å². The zero-order valence-corrected chi connectivity index (χ0v) is 18.6. The van der Waals surface area contributed by atoms with Crippen molar-refractivity contribution in [3.63, 3.8) is 0 Å². The van der Waals surface area contributed by atoms with Gasteiger partial charge in [-0.1, -0.05) is 23.3 Å². The molecule has 4 rings (SSSR count). The number of phenolic OH excluding ortho intramolecular Hbond substituents is 2. The van der Waals surface area contributed by atoms with Gasteiger partial charge < -0.3 is 24.4 Å². The maximum absolute atomic E-state index is 10.5. The Hall–Kier alpha value is -3.08. The van der Waals surface area contributed by atoms with E-state index >= 15 is 0 Å². The first-order valence-electron chi connectivity index (χ1n) is 10.7. The Balaban J connectivity index is 1.60. The van der Waals surface area contributed by atoms with Crippen LogP contribution in [0.5, 0.6) is 28.7 Å². The number of phenols is 2. The molecule has 0 fully saturated rings. The van der Waals surface area contributed by atoms with Crippen molar-refractivity contribution in [1.29, 1.82) is 0 Å². The first-order valence-corrected chi connectivity index (χ1v) is 10.7. The highest BCUT2D eigenvalue weighted by Crippen LogP contribution is 2.54. The Kier molecular flexibility index (Phi) is 5.86. The van der Waals surface area contributed by atoms with E-state index in [1.54, 1.807) is 12.1 Å². The molecule has 2 N–H and O–H groups in total. The first-order chi connectivity index (χ1) is 14.9. The summed E-state index contributed by atoms with van der Waals surface area (Å²) in [4.78, 5) is 0. The molecular weight excluding hydrogens is 392 g/mol. The predicted octanol–water partition coefficient (Wildman–Crippen LogP) is 5.95. The number of allylic oxidation sites excluding steroid dienone is 4. The molecule has 5 nitrogen and oxygen atoms in total. The second-order valence-electron chi connectivity index (χ2n) is 8.57. The maximum atomic E-state index is 10.5. The van der Waals surface area contributed by atoms with Crippen LogP contribution in [0.4, 0.5) is 0 Å². The molecule has 2 heterocycles. The molecule has 0 spiro atoms.